The van der Waals surface area contributed by atoms with Crippen LogP contribution >= 0.6 is 0 Å². The van der Waals surface area contributed by atoms with Crippen LogP contribution in [0.3, 0.4) is 0 Å². The van der Waals surface area contributed by atoms with Crippen LogP contribution in [0.4, 0.5) is 5.69 Å². The Bertz CT molecular complexity index is 1000. The summed E-state index contributed by atoms with van der Waals surface area (Å²) in [6, 6.07) is 12.2. The molecule has 2 heterocycles. The number of aryl methyl sites for hydroxylation is 1. The van der Waals surface area contributed by atoms with Gasteiger partial charge < -0.3 is 15.8 Å². The Kier molecular flexibility index (Phi) is 5.87. The predicted octanol–water partition coefficient (Wildman–Crippen LogP) is 2.31. The quantitative estimate of drug-likeness (QED) is 0.387. The minimum absolute atomic E-state index is 0. The molecule has 1 aromatic heterocycles. The third-order valence-electron chi connectivity index (χ3n) is 4.61. The number of carbonyl (C=O) groups is 1. The first-order valence-corrected chi connectivity index (χ1v) is 8.86. The fourth-order valence-electron chi connectivity index (χ4n) is 3.14. The maximum absolute atomic E-state index is 12.4. The molecule has 4 rings (SSSR count). The molecule has 0 bridgehead atoms. The third-order valence-corrected chi connectivity index (χ3v) is 4.61. The number of tetrazole rings is 1. The highest BCUT2D eigenvalue weighted by atomic mass is 16.5. The van der Waals surface area contributed by atoms with E-state index in [-0.39, 0.29) is 25.3 Å². The lowest BCUT2D eigenvalue weighted by Gasteiger charge is -2.25. The first-order valence-electron chi connectivity index (χ1n) is 8.86. The van der Waals surface area contributed by atoms with Crippen LogP contribution in [-0.4, -0.2) is 38.5 Å². The van der Waals surface area contributed by atoms with Crippen molar-refractivity contribution in [2.24, 2.45) is 5.73 Å². The van der Waals surface area contributed by atoms with Crippen molar-refractivity contribution in [3.63, 3.8) is 0 Å². The molecule has 150 valence electrons. The van der Waals surface area contributed by atoms with Crippen LogP contribution in [0.5, 0.6) is 5.75 Å². The van der Waals surface area contributed by atoms with Crippen LogP contribution in [0.2, 0.25) is 0 Å². The molecule has 1 amide bonds. The number of amides is 1. The maximum atomic E-state index is 12.4. The second-order valence-electron chi connectivity index (χ2n) is 6.58. The van der Waals surface area contributed by atoms with Gasteiger partial charge in [-0.1, -0.05) is 24.8 Å². The Hall–Kier alpha value is -3.75. The van der Waals surface area contributed by atoms with Crippen LogP contribution in [0, 0.1) is 5.41 Å². The summed E-state index contributed by atoms with van der Waals surface area (Å²) in [6.07, 6.45) is 2.29. The molecule has 0 aliphatic carbocycles. The first kappa shape index (κ1) is 20.0. The average Bonchev–Trinajstić information content (AvgIpc) is 3.21. The van der Waals surface area contributed by atoms with E-state index >= 15 is 0 Å². The standard InChI is InChI=1S/C19H19N7O2.CH4/c20-18(21)11-1-3-12(4-2-11)19(27)22-14-6-8-16-13(9-14)5-7-15(28-16)10-17-23-25-26-24-17;/h1-4,6,8-9,15H,5,7,10H2,(H3,20,21)(H,22,27)(H,23,24,25,26);1H4. The SMILES string of the molecule is C.N=C(N)c1ccc(C(=O)Nc2ccc3c(c2)CCC(Cc2nn[nH]n2)O3)cc1. The van der Waals surface area contributed by atoms with Crippen molar-refractivity contribution < 1.29 is 9.53 Å². The summed E-state index contributed by atoms with van der Waals surface area (Å²) in [6.45, 7) is 0. The number of nitrogens with one attached hydrogen (secondary N) is 3. The molecule has 9 heteroatoms. The van der Waals surface area contributed by atoms with Gasteiger partial charge in [0.15, 0.2) is 5.82 Å². The van der Waals surface area contributed by atoms with Gasteiger partial charge in [0.1, 0.15) is 17.7 Å². The molecule has 1 unspecified atom stereocenters. The van der Waals surface area contributed by atoms with E-state index in [2.05, 4.69) is 25.9 Å². The fraction of sp³-hybridized carbons (Fsp3) is 0.250. The number of amidine groups is 1. The summed E-state index contributed by atoms with van der Waals surface area (Å²) in [5.74, 6) is 1.19. The molecule has 1 aliphatic heterocycles. The van der Waals surface area contributed by atoms with Crippen molar-refractivity contribution in [1.29, 1.82) is 5.41 Å². The third kappa shape index (κ3) is 4.57. The average molecular weight is 393 g/mol. The zero-order chi connectivity index (χ0) is 19.5. The lowest BCUT2D eigenvalue weighted by molar-refractivity contribution is 0.102. The summed E-state index contributed by atoms with van der Waals surface area (Å²) in [7, 11) is 0. The number of carbonyl (C=O) groups excluding carboxylic acids is 1. The number of nitrogen functional groups attached to an aromatic ring is 1. The number of H-pyrrole nitrogens is 1. The van der Waals surface area contributed by atoms with Gasteiger partial charge in [-0.15, -0.1) is 10.2 Å². The number of ether oxygens (including phenoxy) is 1. The number of hydrogen-bond acceptors (Lipinski definition) is 6. The van der Waals surface area contributed by atoms with Crippen LogP contribution in [-0.2, 0) is 12.8 Å². The van der Waals surface area contributed by atoms with Crippen molar-refractivity contribution in [2.45, 2.75) is 32.8 Å². The van der Waals surface area contributed by atoms with Crippen LogP contribution in [0.15, 0.2) is 42.5 Å². The molecule has 1 atom stereocenters. The Morgan fingerprint density at radius 3 is 2.69 bits per heavy atom. The number of nitrogens with two attached hydrogens (primary N) is 1. The van der Waals surface area contributed by atoms with Crippen LogP contribution < -0.4 is 15.8 Å². The molecular formula is C20H23N7O2. The summed E-state index contributed by atoms with van der Waals surface area (Å²) in [5.41, 5.74) is 8.27. The number of aromatic amines is 1. The molecular weight excluding hydrogens is 370 g/mol. The lowest BCUT2D eigenvalue weighted by atomic mass is 9.99. The number of fused-ring (bicyclic) bond motifs is 1. The number of nitrogens with zero attached hydrogens (tertiary/aromatic N) is 3. The molecule has 1 aliphatic rings. The minimum Gasteiger partial charge on any atom is -0.490 e. The molecule has 0 radical (unpaired) electrons. The highest BCUT2D eigenvalue weighted by Gasteiger charge is 2.22. The highest BCUT2D eigenvalue weighted by Crippen LogP contribution is 2.31. The normalized spacial score (nSPS) is 14.8. The van der Waals surface area contributed by atoms with Gasteiger partial charge in [0.05, 0.1) is 0 Å². The van der Waals surface area contributed by atoms with Gasteiger partial charge in [-0.3, -0.25) is 10.2 Å². The van der Waals surface area contributed by atoms with E-state index < -0.39 is 0 Å². The summed E-state index contributed by atoms with van der Waals surface area (Å²) in [5, 5.41) is 24.2. The molecule has 0 spiro atoms. The number of anilines is 1. The zero-order valence-electron chi connectivity index (χ0n) is 15.0. The van der Waals surface area contributed by atoms with Crippen molar-refractivity contribution in [3.05, 3.63) is 65.0 Å². The second-order valence-corrected chi connectivity index (χ2v) is 6.58. The van der Waals surface area contributed by atoms with E-state index in [1.165, 1.54) is 0 Å². The first-order chi connectivity index (χ1) is 13.6. The minimum atomic E-state index is -0.221. The Balaban J connectivity index is 0.00000240. The Morgan fingerprint density at radius 1 is 1.24 bits per heavy atom. The van der Waals surface area contributed by atoms with Gasteiger partial charge in [-0.25, -0.2) is 0 Å². The second kappa shape index (κ2) is 8.51. The van der Waals surface area contributed by atoms with Crippen molar-refractivity contribution >= 4 is 17.4 Å². The topological polar surface area (TPSA) is 143 Å². The molecule has 0 fully saturated rings. The number of hydrogen-bond donors (Lipinski definition) is 4. The number of benzene rings is 2. The number of aromatic nitrogens is 4. The summed E-state index contributed by atoms with van der Waals surface area (Å²) < 4.78 is 6.02. The van der Waals surface area contributed by atoms with Gasteiger partial charge in [0, 0.05) is 23.2 Å². The lowest BCUT2D eigenvalue weighted by Crippen LogP contribution is -2.25. The molecule has 2 aromatic carbocycles. The molecule has 3 aromatic rings. The molecule has 9 nitrogen and oxygen atoms in total. The maximum Gasteiger partial charge on any atom is 0.255 e. The smallest absolute Gasteiger partial charge is 0.255 e. The number of rotatable bonds is 5. The van der Waals surface area contributed by atoms with E-state index in [0.717, 1.165) is 24.2 Å². The largest absolute Gasteiger partial charge is 0.490 e. The summed E-state index contributed by atoms with van der Waals surface area (Å²) in [4.78, 5) is 12.4. The predicted molar refractivity (Wildman–Crippen MR) is 109 cm³/mol. The van der Waals surface area contributed by atoms with E-state index in [4.69, 9.17) is 15.9 Å². The van der Waals surface area contributed by atoms with E-state index in [9.17, 15) is 4.79 Å². The zero-order valence-corrected chi connectivity index (χ0v) is 15.0. The van der Waals surface area contributed by atoms with Gasteiger partial charge in [0.2, 0.25) is 0 Å². The van der Waals surface area contributed by atoms with E-state index in [1.54, 1.807) is 24.3 Å². The van der Waals surface area contributed by atoms with Gasteiger partial charge in [-0.2, -0.15) is 5.21 Å². The molecule has 5 N–H and O–H groups in total. The summed E-state index contributed by atoms with van der Waals surface area (Å²) >= 11 is 0. The van der Waals surface area contributed by atoms with E-state index in [1.807, 2.05) is 18.2 Å². The van der Waals surface area contributed by atoms with E-state index in [0.29, 0.717) is 29.1 Å². The van der Waals surface area contributed by atoms with Crippen molar-refractivity contribution in [3.8, 4) is 5.75 Å². The highest BCUT2D eigenvalue weighted by molar-refractivity contribution is 6.05. The Morgan fingerprint density at radius 2 is 2.00 bits per heavy atom. The van der Waals surface area contributed by atoms with Gasteiger partial charge in [0.25, 0.3) is 5.91 Å². The fourth-order valence-corrected chi connectivity index (χ4v) is 3.14. The van der Waals surface area contributed by atoms with Crippen LogP contribution in [0.25, 0.3) is 0 Å². The van der Waals surface area contributed by atoms with Gasteiger partial charge in [-0.05, 0) is 48.7 Å². The van der Waals surface area contributed by atoms with Crippen molar-refractivity contribution in [2.75, 3.05) is 5.32 Å². The van der Waals surface area contributed by atoms with Gasteiger partial charge >= 0.3 is 0 Å². The Labute approximate surface area is 168 Å². The van der Waals surface area contributed by atoms with Crippen molar-refractivity contribution in [1.82, 2.24) is 20.6 Å². The van der Waals surface area contributed by atoms with Crippen LogP contribution in [0.1, 0.15) is 41.2 Å². The molecule has 29 heavy (non-hydrogen) atoms. The molecule has 0 saturated carbocycles. The molecule has 0 saturated heterocycles. The monoisotopic (exact) mass is 393 g/mol.